The van der Waals surface area contributed by atoms with Crippen LogP contribution in [0.25, 0.3) is 0 Å². The number of rotatable bonds is 4. The first kappa shape index (κ1) is 13.6. The third-order valence-electron chi connectivity index (χ3n) is 2.80. The van der Waals surface area contributed by atoms with Crippen LogP contribution in [0, 0.1) is 6.92 Å². The molecule has 100 valence electrons. The van der Waals surface area contributed by atoms with E-state index >= 15 is 0 Å². The van der Waals surface area contributed by atoms with E-state index in [2.05, 4.69) is 4.72 Å². The lowest BCUT2D eigenvalue weighted by Gasteiger charge is -2.11. The van der Waals surface area contributed by atoms with Crippen LogP contribution in [0.1, 0.15) is 11.1 Å². The minimum Gasteiger partial charge on any atom is -0.326 e. The minimum absolute atomic E-state index is 0.263. The molecule has 0 atom stereocenters. The molecule has 2 aromatic rings. The SMILES string of the molecule is Cc1ccc(CN)cc1S(=O)(=O)Nc1ccccc1. The minimum atomic E-state index is -3.58. The van der Waals surface area contributed by atoms with Crippen molar-refractivity contribution in [1.29, 1.82) is 0 Å². The van der Waals surface area contributed by atoms with E-state index in [9.17, 15) is 8.42 Å². The normalized spacial score (nSPS) is 11.3. The van der Waals surface area contributed by atoms with E-state index in [0.29, 0.717) is 17.8 Å². The van der Waals surface area contributed by atoms with Gasteiger partial charge < -0.3 is 5.73 Å². The van der Waals surface area contributed by atoms with Crippen molar-refractivity contribution in [3.05, 3.63) is 59.7 Å². The Kier molecular flexibility index (Phi) is 3.87. The van der Waals surface area contributed by atoms with E-state index in [1.54, 1.807) is 43.3 Å². The van der Waals surface area contributed by atoms with Crippen LogP contribution in [0.2, 0.25) is 0 Å². The molecular formula is C14H16N2O2S. The van der Waals surface area contributed by atoms with Crippen molar-refractivity contribution in [1.82, 2.24) is 0 Å². The molecular weight excluding hydrogens is 260 g/mol. The van der Waals surface area contributed by atoms with E-state index in [4.69, 9.17) is 5.73 Å². The maximum absolute atomic E-state index is 12.3. The molecule has 0 bridgehead atoms. The topological polar surface area (TPSA) is 72.2 Å². The Labute approximate surface area is 113 Å². The summed E-state index contributed by atoms with van der Waals surface area (Å²) in [5, 5.41) is 0. The van der Waals surface area contributed by atoms with Crippen molar-refractivity contribution >= 4 is 15.7 Å². The third-order valence-corrected chi connectivity index (χ3v) is 4.33. The summed E-state index contributed by atoms with van der Waals surface area (Å²) in [7, 11) is -3.58. The molecule has 0 aliphatic rings. The summed E-state index contributed by atoms with van der Waals surface area (Å²) in [5.41, 5.74) is 7.58. The summed E-state index contributed by atoms with van der Waals surface area (Å²) < 4.78 is 27.2. The monoisotopic (exact) mass is 276 g/mol. The molecule has 0 heterocycles. The Morgan fingerprint density at radius 1 is 1.11 bits per heavy atom. The first-order chi connectivity index (χ1) is 9.03. The number of anilines is 1. The third kappa shape index (κ3) is 3.13. The smallest absolute Gasteiger partial charge is 0.262 e. The predicted octanol–water partition coefficient (Wildman–Crippen LogP) is 2.25. The second-order valence-corrected chi connectivity index (χ2v) is 5.93. The highest BCUT2D eigenvalue weighted by atomic mass is 32.2. The van der Waals surface area contributed by atoms with Crippen LogP contribution in [0.3, 0.4) is 0 Å². The lowest BCUT2D eigenvalue weighted by molar-refractivity contribution is 0.600. The fourth-order valence-corrected chi connectivity index (χ4v) is 3.13. The molecule has 3 N–H and O–H groups in total. The van der Waals surface area contributed by atoms with Gasteiger partial charge in [-0.1, -0.05) is 30.3 Å². The number of nitrogens with two attached hydrogens (primary N) is 1. The summed E-state index contributed by atoms with van der Waals surface area (Å²) in [4.78, 5) is 0.263. The number of para-hydroxylation sites is 1. The summed E-state index contributed by atoms with van der Waals surface area (Å²) in [6.45, 7) is 2.08. The number of benzene rings is 2. The Morgan fingerprint density at radius 3 is 2.42 bits per heavy atom. The fraction of sp³-hybridized carbons (Fsp3) is 0.143. The zero-order valence-electron chi connectivity index (χ0n) is 10.6. The van der Waals surface area contributed by atoms with Crippen molar-refractivity contribution in [2.24, 2.45) is 5.73 Å². The Morgan fingerprint density at radius 2 is 1.79 bits per heavy atom. The molecule has 4 nitrogen and oxygen atoms in total. The van der Waals surface area contributed by atoms with E-state index in [1.165, 1.54) is 0 Å². The van der Waals surface area contributed by atoms with Crippen molar-refractivity contribution in [3.8, 4) is 0 Å². The molecule has 0 aliphatic heterocycles. The van der Waals surface area contributed by atoms with E-state index in [0.717, 1.165) is 5.56 Å². The molecule has 0 amide bonds. The predicted molar refractivity (Wildman–Crippen MR) is 76.3 cm³/mol. The van der Waals surface area contributed by atoms with Crippen LogP contribution in [-0.4, -0.2) is 8.42 Å². The largest absolute Gasteiger partial charge is 0.326 e. The number of nitrogens with one attached hydrogen (secondary N) is 1. The van der Waals surface area contributed by atoms with Crippen LogP contribution < -0.4 is 10.5 Å². The zero-order valence-corrected chi connectivity index (χ0v) is 11.4. The van der Waals surface area contributed by atoms with Gasteiger partial charge in [0, 0.05) is 12.2 Å². The first-order valence-corrected chi connectivity index (χ1v) is 7.39. The van der Waals surface area contributed by atoms with Gasteiger partial charge in [0.05, 0.1) is 4.90 Å². The summed E-state index contributed by atoms with van der Waals surface area (Å²) >= 11 is 0. The maximum Gasteiger partial charge on any atom is 0.262 e. The van der Waals surface area contributed by atoms with Gasteiger partial charge in [0.25, 0.3) is 10.0 Å². The summed E-state index contributed by atoms with van der Waals surface area (Å²) in [6.07, 6.45) is 0. The highest BCUT2D eigenvalue weighted by Crippen LogP contribution is 2.20. The standard InChI is InChI=1S/C14H16N2O2S/c1-11-7-8-12(10-15)9-14(11)19(17,18)16-13-5-3-2-4-6-13/h2-9,16H,10,15H2,1H3. The van der Waals surface area contributed by atoms with Gasteiger partial charge in [-0.25, -0.2) is 8.42 Å². The van der Waals surface area contributed by atoms with Crippen molar-refractivity contribution < 1.29 is 8.42 Å². The molecule has 0 fully saturated rings. The lowest BCUT2D eigenvalue weighted by atomic mass is 10.1. The Balaban J connectivity index is 2.39. The molecule has 0 unspecified atom stereocenters. The van der Waals surface area contributed by atoms with Crippen LogP contribution >= 0.6 is 0 Å². The maximum atomic E-state index is 12.3. The van der Waals surface area contributed by atoms with Gasteiger partial charge in [0.1, 0.15) is 0 Å². The molecule has 0 saturated heterocycles. The molecule has 0 saturated carbocycles. The molecule has 19 heavy (non-hydrogen) atoms. The van der Waals surface area contributed by atoms with Gasteiger partial charge in [-0.15, -0.1) is 0 Å². The first-order valence-electron chi connectivity index (χ1n) is 5.90. The average molecular weight is 276 g/mol. The molecule has 0 aliphatic carbocycles. The van der Waals surface area contributed by atoms with Gasteiger partial charge in [0.2, 0.25) is 0 Å². The zero-order chi connectivity index (χ0) is 13.9. The van der Waals surface area contributed by atoms with Crippen molar-refractivity contribution in [2.75, 3.05) is 4.72 Å². The summed E-state index contributed by atoms with van der Waals surface area (Å²) in [6, 6.07) is 14.0. The highest BCUT2D eigenvalue weighted by Gasteiger charge is 2.17. The molecule has 2 rings (SSSR count). The molecule has 2 aromatic carbocycles. The van der Waals surface area contributed by atoms with Crippen LogP contribution in [0.5, 0.6) is 0 Å². The van der Waals surface area contributed by atoms with Gasteiger partial charge in [-0.05, 0) is 36.2 Å². The second kappa shape index (κ2) is 5.42. The second-order valence-electron chi connectivity index (χ2n) is 4.28. The molecule has 0 aromatic heterocycles. The van der Waals surface area contributed by atoms with Crippen LogP contribution in [0.15, 0.2) is 53.4 Å². The van der Waals surface area contributed by atoms with Gasteiger partial charge >= 0.3 is 0 Å². The van der Waals surface area contributed by atoms with Gasteiger partial charge in [-0.3, -0.25) is 4.72 Å². The lowest BCUT2D eigenvalue weighted by Crippen LogP contribution is -2.15. The number of hydrogen-bond acceptors (Lipinski definition) is 3. The highest BCUT2D eigenvalue weighted by molar-refractivity contribution is 7.92. The number of hydrogen-bond donors (Lipinski definition) is 2. The molecule has 5 heteroatoms. The molecule has 0 radical (unpaired) electrons. The molecule has 0 spiro atoms. The van der Waals surface area contributed by atoms with Crippen molar-refractivity contribution in [3.63, 3.8) is 0 Å². The van der Waals surface area contributed by atoms with Gasteiger partial charge in [0.15, 0.2) is 0 Å². The van der Waals surface area contributed by atoms with E-state index in [-0.39, 0.29) is 4.90 Å². The van der Waals surface area contributed by atoms with E-state index in [1.807, 2.05) is 12.1 Å². The van der Waals surface area contributed by atoms with Gasteiger partial charge in [-0.2, -0.15) is 0 Å². The number of aryl methyl sites for hydroxylation is 1. The van der Waals surface area contributed by atoms with E-state index < -0.39 is 10.0 Å². The van der Waals surface area contributed by atoms with Crippen LogP contribution in [0.4, 0.5) is 5.69 Å². The summed E-state index contributed by atoms with van der Waals surface area (Å²) in [5.74, 6) is 0. The quantitative estimate of drug-likeness (QED) is 0.899. The Hall–Kier alpha value is -1.85. The van der Waals surface area contributed by atoms with Crippen molar-refractivity contribution in [2.45, 2.75) is 18.4 Å². The van der Waals surface area contributed by atoms with Crippen LogP contribution in [-0.2, 0) is 16.6 Å². The average Bonchev–Trinajstić information content (AvgIpc) is 2.39. The fourth-order valence-electron chi connectivity index (χ4n) is 1.78. The number of sulfonamides is 1. The Bertz CT molecular complexity index is 667.